The number of rotatable bonds is 5. The molecule has 0 bridgehead atoms. The lowest BCUT2D eigenvalue weighted by Crippen LogP contribution is -2.48. The maximum Gasteiger partial charge on any atom is 0.317 e. The van der Waals surface area contributed by atoms with Crippen molar-refractivity contribution < 1.29 is 4.79 Å². The van der Waals surface area contributed by atoms with Gasteiger partial charge in [-0.05, 0) is 6.07 Å². The minimum atomic E-state index is 0.0779. The fourth-order valence-electron chi connectivity index (χ4n) is 3.34. The Bertz CT molecular complexity index is 674. The molecule has 0 atom stereocenters. The first kappa shape index (κ1) is 15.3. The number of imidazole rings is 1. The number of piperazine rings is 1. The lowest BCUT2D eigenvalue weighted by Gasteiger charge is -2.34. The Morgan fingerprint density at radius 1 is 1.08 bits per heavy atom. The van der Waals surface area contributed by atoms with Crippen LogP contribution in [0.2, 0.25) is 0 Å². The summed E-state index contributed by atoms with van der Waals surface area (Å²) >= 11 is 0. The van der Waals surface area contributed by atoms with Crippen molar-refractivity contribution in [3.05, 3.63) is 30.4 Å². The molecule has 24 heavy (non-hydrogen) atoms. The molecule has 8 heteroatoms. The first-order valence-corrected chi connectivity index (χ1v) is 8.54. The summed E-state index contributed by atoms with van der Waals surface area (Å²) in [6, 6.07) is 1.99. The molecule has 2 aliphatic heterocycles. The average molecular weight is 329 g/mol. The number of urea groups is 1. The Hall–Kier alpha value is -2.19. The normalized spacial score (nSPS) is 20.0. The molecule has 2 aromatic heterocycles. The number of carbonyl (C=O) groups is 1. The third-order valence-corrected chi connectivity index (χ3v) is 4.77. The largest absolute Gasteiger partial charge is 0.336 e. The molecule has 0 unspecified atom stereocenters. The highest BCUT2D eigenvalue weighted by molar-refractivity contribution is 5.76. The summed E-state index contributed by atoms with van der Waals surface area (Å²) in [4.78, 5) is 27.1. The van der Waals surface area contributed by atoms with E-state index in [2.05, 4.69) is 31.3 Å². The van der Waals surface area contributed by atoms with Gasteiger partial charge in [-0.3, -0.25) is 14.2 Å². The second kappa shape index (κ2) is 6.74. The number of hydrogen-bond donors (Lipinski definition) is 1. The quantitative estimate of drug-likeness (QED) is 0.828. The Kier molecular flexibility index (Phi) is 4.31. The molecule has 2 amide bonds. The molecule has 0 aromatic carbocycles. The monoisotopic (exact) mass is 329 g/mol. The second-order valence-corrected chi connectivity index (χ2v) is 6.40. The molecule has 0 spiro atoms. The molecule has 2 aromatic rings. The molecule has 0 aliphatic carbocycles. The van der Waals surface area contributed by atoms with Crippen LogP contribution in [0.3, 0.4) is 0 Å². The van der Waals surface area contributed by atoms with Gasteiger partial charge in [0.1, 0.15) is 0 Å². The summed E-state index contributed by atoms with van der Waals surface area (Å²) in [5.74, 6) is 0.759. The van der Waals surface area contributed by atoms with Gasteiger partial charge >= 0.3 is 6.03 Å². The zero-order valence-electron chi connectivity index (χ0n) is 13.8. The van der Waals surface area contributed by atoms with Gasteiger partial charge in [-0.25, -0.2) is 14.8 Å². The van der Waals surface area contributed by atoms with Gasteiger partial charge < -0.3 is 10.2 Å². The maximum atomic E-state index is 11.6. The minimum Gasteiger partial charge on any atom is -0.336 e. The van der Waals surface area contributed by atoms with Crippen molar-refractivity contribution in [1.82, 2.24) is 34.4 Å². The Balaban J connectivity index is 1.24. The van der Waals surface area contributed by atoms with Crippen LogP contribution in [0.4, 0.5) is 4.79 Å². The van der Waals surface area contributed by atoms with Gasteiger partial charge in [-0.15, -0.1) is 0 Å². The van der Waals surface area contributed by atoms with Gasteiger partial charge in [-0.1, -0.05) is 0 Å². The number of aromatic nitrogens is 3. The van der Waals surface area contributed by atoms with E-state index in [9.17, 15) is 4.79 Å². The predicted octanol–water partition coefficient (Wildman–Crippen LogP) is -0.128. The molecular formula is C16H23N7O. The number of nitrogens with zero attached hydrogens (tertiary/aromatic N) is 6. The maximum absolute atomic E-state index is 11.6. The summed E-state index contributed by atoms with van der Waals surface area (Å²) in [5.41, 5.74) is 1.07. The van der Waals surface area contributed by atoms with Gasteiger partial charge in [0.05, 0.1) is 5.69 Å². The lowest BCUT2D eigenvalue weighted by atomic mass is 10.3. The van der Waals surface area contributed by atoms with Crippen molar-refractivity contribution in [2.45, 2.75) is 6.54 Å². The van der Waals surface area contributed by atoms with Crippen LogP contribution in [0.5, 0.6) is 0 Å². The van der Waals surface area contributed by atoms with E-state index in [1.54, 1.807) is 6.20 Å². The molecule has 2 fully saturated rings. The Morgan fingerprint density at radius 2 is 1.92 bits per heavy atom. The molecular weight excluding hydrogens is 306 g/mol. The number of nitrogens with one attached hydrogen (secondary N) is 1. The van der Waals surface area contributed by atoms with Crippen LogP contribution in [0.25, 0.3) is 5.78 Å². The van der Waals surface area contributed by atoms with Crippen LogP contribution in [0.15, 0.2) is 24.7 Å². The Morgan fingerprint density at radius 3 is 2.67 bits per heavy atom. The smallest absolute Gasteiger partial charge is 0.317 e. The first-order chi connectivity index (χ1) is 11.8. The van der Waals surface area contributed by atoms with Crippen LogP contribution in [0.1, 0.15) is 5.69 Å². The van der Waals surface area contributed by atoms with E-state index >= 15 is 0 Å². The molecule has 128 valence electrons. The van der Waals surface area contributed by atoms with Crippen molar-refractivity contribution in [3.8, 4) is 0 Å². The predicted molar refractivity (Wildman–Crippen MR) is 89.7 cm³/mol. The molecule has 4 rings (SSSR count). The van der Waals surface area contributed by atoms with Crippen molar-refractivity contribution in [2.75, 3.05) is 52.4 Å². The van der Waals surface area contributed by atoms with Crippen molar-refractivity contribution in [2.24, 2.45) is 0 Å². The topological polar surface area (TPSA) is 69.0 Å². The number of fused-ring (bicyclic) bond motifs is 1. The third kappa shape index (κ3) is 3.34. The van der Waals surface area contributed by atoms with E-state index in [1.807, 2.05) is 21.6 Å². The van der Waals surface area contributed by atoms with Gasteiger partial charge in [0, 0.05) is 77.5 Å². The minimum absolute atomic E-state index is 0.0779. The number of carbonyl (C=O) groups excluding carboxylic acids is 1. The summed E-state index contributed by atoms with van der Waals surface area (Å²) in [6.45, 7) is 8.42. The fourth-order valence-corrected chi connectivity index (χ4v) is 3.34. The van der Waals surface area contributed by atoms with Crippen molar-refractivity contribution in [1.29, 1.82) is 0 Å². The second-order valence-electron chi connectivity index (χ2n) is 6.40. The zero-order chi connectivity index (χ0) is 16.4. The van der Waals surface area contributed by atoms with E-state index in [0.717, 1.165) is 70.4 Å². The van der Waals surface area contributed by atoms with E-state index in [4.69, 9.17) is 0 Å². The van der Waals surface area contributed by atoms with Gasteiger partial charge in [-0.2, -0.15) is 0 Å². The van der Waals surface area contributed by atoms with E-state index in [0.29, 0.717) is 0 Å². The third-order valence-electron chi connectivity index (χ3n) is 4.77. The molecule has 0 saturated carbocycles. The van der Waals surface area contributed by atoms with Crippen molar-refractivity contribution >= 4 is 11.8 Å². The Labute approximate surface area is 141 Å². The lowest BCUT2D eigenvalue weighted by molar-refractivity contribution is 0.119. The highest BCUT2D eigenvalue weighted by atomic mass is 16.2. The van der Waals surface area contributed by atoms with Crippen LogP contribution in [-0.2, 0) is 6.54 Å². The van der Waals surface area contributed by atoms with Crippen LogP contribution in [0, 0.1) is 0 Å². The number of amides is 2. The molecule has 1 N–H and O–H groups in total. The summed E-state index contributed by atoms with van der Waals surface area (Å²) in [7, 11) is 0. The highest BCUT2D eigenvalue weighted by Gasteiger charge is 2.22. The average Bonchev–Trinajstić information content (AvgIpc) is 3.19. The van der Waals surface area contributed by atoms with Gasteiger partial charge in [0.25, 0.3) is 0 Å². The zero-order valence-corrected chi connectivity index (χ0v) is 13.8. The fraction of sp³-hybridized carbons (Fsp3) is 0.562. The summed E-state index contributed by atoms with van der Waals surface area (Å²) in [5, 5.41) is 2.85. The standard InChI is InChI=1S/C16H23N7O/c24-16-18-3-5-22(16)11-10-20-6-8-21(9-7-20)12-14-13-23-4-1-2-17-15(23)19-14/h1-2,4,13H,3,5-12H2,(H,18,24). The van der Waals surface area contributed by atoms with Gasteiger partial charge in [0.15, 0.2) is 0 Å². The van der Waals surface area contributed by atoms with E-state index in [1.165, 1.54) is 0 Å². The van der Waals surface area contributed by atoms with Crippen molar-refractivity contribution in [3.63, 3.8) is 0 Å². The van der Waals surface area contributed by atoms with Gasteiger partial charge in [0.2, 0.25) is 5.78 Å². The van der Waals surface area contributed by atoms with E-state index in [-0.39, 0.29) is 6.03 Å². The highest BCUT2D eigenvalue weighted by Crippen LogP contribution is 2.09. The molecule has 0 radical (unpaired) electrons. The molecule has 8 nitrogen and oxygen atoms in total. The SMILES string of the molecule is O=C1NCCN1CCN1CCN(Cc2cn3cccnc3n2)CC1. The van der Waals surface area contributed by atoms with Crippen LogP contribution >= 0.6 is 0 Å². The number of hydrogen-bond acceptors (Lipinski definition) is 5. The molecule has 2 saturated heterocycles. The molecule has 4 heterocycles. The van der Waals surface area contributed by atoms with E-state index < -0.39 is 0 Å². The first-order valence-electron chi connectivity index (χ1n) is 8.54. The van der Waals surface area contributed by atoms with Crippen LogP contribution in [-0.4, -0.2) is 87.5 Å². The molecule has 2 aliphatic rings. The van der Waals surface area contributed by atoms with Crippen LogP contribution < -0.4 is 5.32 Å². The summed E-state index contributed by atoms with van der Waals surface area (Å²) in [6.07, 6.45) is 5.80. The summed E-state index contributed by atoms with van der Waals surface area (Å²) < 4.78 is 1.96.